The number of anilines is 1. The smallest absolute Gasteiger partial charge is 0.339 e. The number of carboxylic acids is 1. The molecule has 0 aliphatic carbocycles. The Bertz CT molecular complexity index is 644. The monoisotopic (exact) mass is 309 g/mol. The molecular weight excluding hydrogens is 297 g/mol. The van der Waals surface area contributed by atoms with Gasteiger partial charge in [-0.25, -0.2) is 4.79 Å². The van der Waals surface area contributed by atoms with Gasteiger partial charge in [-0.05, 0) is 30.7 Å². The van der Waals surface area contributed by atoms with Gasteiger partial charge in [0.2, 0.25) is 0 Å². The lowest BCUT2D eigenvalue weighted by molar-refractivity contribution is 0.0698. The van der Waals surface area contributed by atoms with Gasteiger partial charge < -0.3 is 10.4 Å². The molecule has 0 saturated carbocycles. The van der Waals surface area contributed by atoms with Crippen molar-refractivity contribution < 1.29 is 9.90 Å². The fourth-order valence-electron chi connectivity index (χ4n) is 2.00. The minimum Gasteiger partial charge on any atom is -0.478 e. The van der Waals surface area contributed by atoms with Crippen LogP contribution in [-0.4, -0.2) is 11.1 Å². The lowest BCUT2D eigenvalue weighted by Gasteiger charge is -2.18. The van der Waals surface area contributed by atoms with E-state index in [1.54, 1.807) is 24.3 Å². The van der Waals surface area contributed by atoms with Crippen LogP contribution in [0.2, 0.25) is 10.0 Å². The molecule has 1 atom stereocenters. The molecule has 5 heteroatoms. The summed E-state index contributed by atoms with van der Waals surface area (Å²) in [7, 11) is 0. The zero-order chi connectivity index (χ0) is 14.7. The van der Waals surface area contributed by atoms with Gasteiger partial charge in [-0.1, -0.05) is 47.5 Å². The number of carbonyl (C=O) groups is 1. The number of rotatable bonds is 4. The third-order valence-corrected chi connectivity index (χ3v) is 3.63. The van der Waals surface area contributed by atoms with Gasteiger partial charge in [-0.15, -0.1) is 0 Å². The highest BCUT2D eigenvalue weighted by Crippen LogP contribution is 2.30. The molecule has 20 heavy (non-hydrogen) atoms. The maximum atomic E-state index is 11.3. The zero-order valence-corrected chi connectivity index (χ0v) is 12.2. The van der Waals surface area contributed by atoms with Gasteiger partial charge in [0, 0.05) is 5.02 Å². The van der Waals surface area contributed by atoms with Crippen molar-refractivity contribution in [3.8, 4) is 0 Å². The highest BCUT2D eigenvalue weighted by molar-refractivity contribution is 6.34. The quantitative estimate of drug-likeness (QED) is 0.847. The summed E-state index contributed by atoms with van der Waals surface area (Å²) in [6.45, 7) is 1.91. The van der Waals surface area contributed by atoms with E-state index in [0.29, 0.717) is 10.7 Å². The first-order chi connectivity index (χ1) is 9.50. The number of nitrogens with one attached hydrogen (secondary N) is 1. The summed E-state index contributed by atoms with van der Waals surface area (Å²) in [5.41, 5.74) is 1.43. The third-order valence-electron chi connectivity index (χ3n) is 2.97. The number of hydrogen-bond acceptors (Lipinski definition) is 2. The van der Waals surface area contributed by atoms with Crippen LogP contribution in [0.15, 0.2) is 42.5 Å². The van der Waals surface area contributed by atoms with Crippen LogP contribution in [0.5, 0.6) is 0 Å². The first-order valence-electron chi connectivity index (χ1n) is 6.03. The lowest BCUT2D eigenvalue weighted by atomic mass is 10.1. The second kappa shape index (κ2) is 6.16. The first kappa shape index (κ1) is 14.7. The Morgan fingerprint density at radius 2 is 1.75 bits per heavy atom. The predicted molar refractivity (Wildman–Crippen MR) is 81.9 cm³/mol. The van der Waals surface area contributed by atoms with Crippen LogP contribution in [0.4, 0.5) is 5.69 Å². The zero-order valence-electron chi connectivity index (χ0n) is 10.7. The van der Waals surface area contributed by atoms with E-state index in [4.69, 9.17) is 23.2 Å². The van der Waals surface area contributed by atoms with Crippen molar-refractivity contribution in [2.45, 2.75) is 13.0 Å². The molecule has 2 rings (SSSR count). The highest BCUT2D eigenvalue weighted by Gasteiger charge is 2.17. The van der Waals surface area contributed by atoms with Crippen molar-refractivity contribution in [3.63, 3.8) is 0 Å². The number of halogens is 2. The normalized spacial score (nSPS) is 11.9. The Hall–Kier alpha value is -1.71. The molecule has 3 nitrogen and oxygen atoms in total. The summed E-state index contributed by atoms with van der Waals surface area (Å²) in [6.07, 6.45) is 0. The fraction of sp³-hybridized carbons (Fsp3) is 0.133. The fourth-order valence-corrected chi connectivity index (χ4v) is 2.55. The summed E-state index contributed by atoms with van der Waals surface area (Å²) in [4.78, 5) is 11.3. The molecule has 0 fully saturated rings. The third kappa shape index (κ3) is 3.06. The Labute approximate surface area is 127 Å². The van der Waals surface area contributed by atoms with Crippen molar-refractivity contribution in [3.05, 3.63) is 63.6 Å². The summed E-state index contributed by atoms with van der Waals surface area (Å²) >= 11 is 12.1. The Morgan fingerprint density at radius 3 is 2.40 bits per heavy atom. The number of hydrogen-bond donors (Lipinski definition) is 2. The molecule has 2 N–H and O–H groups in total. The molecule has 0 aromatic heterocycles. The molecule has 2 aromatic rings. The molecule has 0 spiro atoms. The van der Waals surface area contributed by atoms with Gasteiger partial charge in [0.25, 0.3) is 0 Å². The van der Waals surface area contributed by atoms with Crippen molar-refractivity contribution in [1.29, 1.82) is 0 Å². The molecule has 0 saturated heterocycles. The van der Waals surface area contributed by atoms with E-state index in [1.165, 1.54) is 0 Å². The average Bonchev–Trinajstić information content (AvgIpc) is 2.38. The van der Waals surface area contributed by atoms with Crippen LogP contribution >= 0.6 is 23.2 Å². The number of aromatic carboxylic acids is 1. The van der Waals surface area contributed by atoms with Crippen LogP contribution in [0.3, 0.4) is 0 Å². The van der Waals surface area contributed by atoms with Gasteiger partial charge in [0.15, 0.2) is 0 Å². The minimum atomic E-state index is -1.07. The Balaban J connectivity index is 2.33. The molecule has 0 radical (unpaired) electrons. The van der Waals surface area contributed by atoms with Crippen LogP contribution < -0.4 is 5.32 Å². The maximum Gasteiger partial charge on any atom is 0.339 e. The summed E-state index contributed by atoms with van der Waals surface area (Å²) < 4.78 is 0. The van der Waals surface area contributed by atoms with Crippen LogP contribution in [0, 0.1) is 0 Å². The predicted octanol–water partition coefficient (Wildman–Crippen LogP) is 4.86. The van der Waals surface area contributed by atoms with Crippen LogP contribution in [0.1, 0.15) is 28.9 Å². The van der Waals surface area contributed by atoms with E-state index in [0.717, 1.165) is 5.56 Å². The molecule has 2 aromatic carbocycles. The molecule has 0 heterocycles. The molecule has 1 unspecified atom stereocenters. The molecule has 0 aliphatic rings. The SMILES string of the molecule is CC(Nc1cccc(Cl)c1C(=O)O)c1ccccc1Cl. The summed E-state index contributed by atoms with van der Waals surface area (Å²) in [5.74, 6) is -1.07. The summed E-state index contributed by atoms with van der Waals surface area (Å²) in [5, 5.41) is 13.2. The van der Waals surface area contributed by atoms with E-state index in [-0.39, 0.29) is 16.6 Å². The van der Waals surface area contributed by atoms with Gasteiger partial charge >= 0.3 is 5.97 Å². The number of carboxylic acid groups (broad SMARTS) is 1. The Kier molecular flexibility index (Phi) is 4.53. The maximum absolute atomic E-state index is 11.3. The van der Waals surface area contributed by atoms with E-state index in [9.17, 15) is 9.90 Å². The lowest BCUT2D eigenvalue weighted by Crippen LogP contribution is -2.11. The second-order valence-electron chi connectivity index (χ2n) is 4.36. The highest BCUT2D eigenvalue weighted by atomic mass is 35.5. The second-order valence-corrected chi connectivity index (χ2v) is 5.17. The van der Waals surface area contributed by atoms with E-state index in [1.807, 2.05) is 25.1 Å². The first-order valence-corrected chi connectivity index (χ1v) is 6.79. The van der Waals surface area contributed by atoms with Gasteiger partial charge in [-0.2, -0.15) is 0 Å². The molecule has 0 amide bonds. The Morgan fingerprint density at radius 1 is 1.10 bits per heavy atom. The van der Waals surface area contributed by atoms with E-state index in [2.05, 4.69) is 5.32 Å². The number of benzene rings is 2. The van der Waals surface area contributed by atoms with Crippen LogP contribution in [0.25, 0.3) is 0 Å². The minimum absolute atomic E-state index is 0.0630. The van der Waals surface area contributed by atoms with E-state index < -0.39 is 5.97 Å². The standard InChI is InChI=1S/C15H13Cl2NO2/c1-9(10-5-2-3-6-11(10)16)18-13-8-4-7-12(17)14(13)15(19)20/h2-9,18H,1H3,(H,19,20). The molecular formula is C15H13Cl2NO2. The topological polar surface area (TPSA) is 49.3 Å². The van der Waals surface area contributed by atoms with E-state index >= 15 is 0 Å². The van der Waals surface area contributed by atoms with Crippen molar-refractivity contribution >= 4 is 34.9 Å². The summed E-state index contributed by atoms with van der Waals surface area (Å²) in [6, 6.07) is 12.2. The van der Waals surface area contributed by atoms with Crippen molar-refractivity contribution in [2.75, 3.05) is 5.32 Å². The van der Waals surface area contributed by atoms with Gasteiger partial charge in [0.1, 0.15) is 5.56 Å². The van der Waals surface area contributed by atoms with Crippen LogP contribution in [-0.2, 0) is 0 Å². The molecule has 0 bridgehead atoms. The average molecular weight is 310 g/mol. The van der Waals surface area contributed by atoms with Gasteiger partial charge in [0.05, 0.1) is 16.8 Å². The largest absolute Gasteiger partial charge is 0.478 e. The van der Waals surface area contributed by atoms with Crippen molar-refractivity contribution in [1.82, 2.24) is 0 Å². The molecule has 0 aliphatic heterocycles. The van der Waals surface area contributed by atoms with Crippen molar-refractivity contribution in [2.24, 2.45) is 0 Å². The molecule has 104 valence electrons. The van der Waals surface area contributed by atoms with Gasteiger partial charge in [-0.3, -0.25) is 0 Å².